The molecule has 0 spiro atoms. The zero-order valence-corrected chi connectivity index (χ0v) is 37.8. The third kappa shape index (κ3) is 9.80. The Hall–Kier alpha value is -7.82. The number of carbonyl (C=O) groups excluding carboxylic acids is 4. The van der Waals surface area contributed by atoms with E-state index in [0.717, 1.165) is 43.3 Å². The van der Waals surface area contributed by atoms with Crippen molar-refractivity contribution in [1.29, 1.82) is 5.26 Å². The maximum atomic E-state index is 15.3. The lowest BCUT2D eigenvalue weighted by molar-refractivity contribution is -0.134. The number of nitriles is 1. The first kappa shape index (κ1) is 45.0. The van der Waals surface area contributed by atoms with Crippen LogP contribution in [0.25, 0.3) is 28.0 Å². The first-order valence-corrected chi connectivity index (χ1v) is 23.4. The Balaban J connectivity index is 0.723. The topological polar surface area (TPSA) is 203 Å². The SMILES string of the molecule is N#Cc1cnn2cc(-c3cnn(C4CCN(C(=O)CC5CCN(c6ccc(NC7CCC(=O)NC7=O)cc6F)CC5)CC4)c3)nc(-c3ccc(N4CCN(C(=O)Cc5ccc(F)cn5)CC4)nc3)c12. The van der Waals surface area contributed by atoms with Crippen molar-refractivity contribution in [2.24, 2.45) is 5.92 Å². The molecule has 10 rings (SSSR count). The van der Waals surface area contributed by atoms with E-state index in [1.54, 1.807) is 40.1 Å². The monoisotopic (exact) mass is 936 g/mol. The number of piperidine rings is 3. The fourth-order valence-corrected chi connectivity index (χ4v) is 9.80. The molecule has 1 aromatic carbocycles. The van der Waals surface area contributed by atoms with E-state index in [0.29, 0.717) is 110 Å². The van der Waals surface area contributed by atoms with Gasteiger partial charge >= 0.3 is 0 Å². The maximum absolute atomic E-state index is 15.3. The minimum absolute atomic E-state index is 0.0588. The first-order valence-electron chi connectivity index (χ1n) is 23.4. The van der Waals surface area contributed by atoms with Crippen molar-refractivity contribution in [3.8, 4) is 28.6 Å². The van der Waals surface area contributed by atoms with Gasteiger partial charge in [-0.25, -0.2) is 23.3 Å². The molecule has 69 heavy (non-hydrogen) atoms. The van der Waals surface area contributed by atoms with Crippen LogP contribution in [0.4, 0.5) is 26.0 Å². The molecule has 4 saturated heterocycles. The smallest absolute Gasteiger partial charge is 0.249 e. The van der Waals surface area contributed by atoms with E-state index in [1.807, 2.05) is 32.8 Å². The molecule has 0 bridgehead atoms. The van der Waals surface area contributed by atoms with Gasteiger partial charge < -0.3 is 24.9 Å². The lowest BCUT2D eigenvalue weighted by Crippen LogP contribution is -2.49. The highest BCUT2D eigenvalue weighted by atomic mass is 19.1. The van der Waals surface area contributed by atoms with Gasteiger partial charge in [-0.3, -0.25) is 34.2 Å². The summed E-state index contributed by atoms with van der Waals surface area (Å²) in [5, 5.41) is 24.5. The van der Waals surface area contributed by atoms with Gasteiger partial charge in [0.2, 0.25) is 23.6 Å². The number of pyridine rings is 2. The van der Waals surface area contributed by atoms with Gasteiger partial charge in [0, 0.05) is 100 Å². The molecule has 4 aliphatic rings. The number of benzene rings is 1. The minimum Gasteiger partial charge on any atom is -0.374 e. The van der Waals surface area contributed by atoms with E-state index in [1.165, 1.54) is 24.4 Å². The summed E-state index contributed by atoms with van der Waals surface area (Å²) in [4.78, 5) is 71.8. The molecule has 18 nitrogen and oxygen atoms in total. The molecule has 4 amide bonds. The maximum Gasteiger partial charge on any atom is 0.249 e. The average Bonchev–Trinajstić information content (AvgIpc) is 4.04. The van der Waals surface area contributed by atoms with Crippen molar-refractivity contribution in [2.45, 2.75) is 63.5 Å². The number of nitrogens with one attached hydrogen (secondary N) is 2. The number of amides is 4. The van der Waals surface area contributed by atoms with Crippen molar-refractivity contribution in [1.82, 2.24) is 49.5 Å². The summed E-state index contributed by atoms with van der Waals surface area (Å²) >= 11 is 0. The number of imide groups is 1. The molecule has 5 aromatic heterocycles. The van der Waals surface area contributed by atoms with Gasteiger partial charge in [0.1, 0.15) is 40.6 Å². The molecule has 0 aliphatic carbocycles. The van der Waals surface area contributed by atoms with Crippen LogP contribution in [0.1, 0.15) is 62.2 Å². The van der Waals surface area contributed by atoms with Crippen LogP contribution in [0.2, 0.25) is 0 Å². The molecule has 1 unspecified atom stereocenters. The summed E-state index contributed by atoms with van der Waals surface area (Å²) in [7, 11) is 0. The molecular formula is C49H50F2N14O4. The third-order valence-electron chi connectivity index (χ3n) is 13.8. The first-order chi connectivity index (χ1) is 33.5. The fourth-order valence-electron chi connectivity index (χ4n) is 9.80. The minimum atomic E-state index is -0.590. The van der Waals surface area contributed by atoms with Crippen LogP contribution in [-0.2, 0) is 25.6 Å². The second-order valence-electron chi connectivity index (χ2n) is 18.1. The molecule has 4 fully saturated rings. The third-order valence-corrected chi connectivity index (χ3v) is 13.8. The molecule has 0 saturated carbocycles. The highest BCUT2D eigenvalue weighted by molar-refractivity contribution is 6.01. The highest BCUT2D eigenvalue weighted by Gasteiger charge is 2.31. The number of carbonyl (C=O) groups is 4. The quantitative estimate of drug-likeness (QED) is 0.168. The van der Waals surface area contributed by atoms with Crippen LogP contribution in [0.3, 0.4) is 0 Å². The standard InChI is InChI=1S/C49H50F2N14O4/c50-35-2-3-36(53-28-35)23-46(68)63-19-17-61(18-20-63)43-7-1-32(25-54-43)47-48-33(24-52)26-56-65(48)30-41(58-47)34-27-55-64(29-34)38-11-15-62(16-12-38)45(67)21-31-9-13-60(14-10-31)42-6-4-37(22-39(42)51)57-40-5-8-44(66)59-49(40)69/h1-4,6-7,22,25-31,38,40,57H,5,8-21,23H2,(H,59,66,69). The van der Waals surface area contributed by atoms with Crippen molar-refractivity contribution in [2.75, 3.05) is 67.5 Å². The molecule has 354 valence electrons. The molecular weight excluding hydrogens is 887 g/mol. The Morgan fingerprint density at radius 3 is 2.29 bits per heavy atom. The van der Waals surface area contributed by atoms with Gasteiger partial charge in [-0.1, -0.05) is 0 Å². The van der Waals surface area contributed by atoms with E-state index < -0.39 is 17.8 Å². The van der Waals surface area contributed by atoms with Gasteiger partial charge in [0.25, 0.3) is 0 Å². The van der Waals surface area contributed by atoms with E-state index in [4.69, 9.17) is 15.1 Å². The number of aromatic nitrogens is 7. The summed E-state index contributed by atoms with van der Waals surface area (Å²) in [5.74, 6) is -0.498. The predicted molar refractivity (Wildman–Crippen MR) is 249 cm³/mol. The van der Waals surface area contributed by atoms with Crippen LogP contribution in [0.5, 0.6) is 0 Å². The van der Waals surface area contributed by atoms with E-state index >= 15 is 4.39 Å². The van der Waals surface area contributed by atoms with Crippen molar-refractivity contribution in [3.05, 3.63) is 103 Å². The number of hydrogen-bond donors (Lipinski definition) is 2. The molecule has 0 radical (unpaired) electrons. The lowest BCUT2D eigenvalue weighted by Gasteiger charge is -2.36. The number of rotatable bonds is 11. The Labute approximate surface area is 395 Å². The Morgan fingerprint density at radius 2 is 1.58 bits per heavy atom. The molecule has 1 atom stereocenters. The number of fused-ring (bicyclic) bond motifs is 1. The largest absolute Gasteiger partial charge is 0.374 e. The van der Waals surface area contributed by atoms with Crippen LogP contribution in [0.15, 0.2) is 79.6 Å². The Kier molecular flexibility index (Phi) is 12.7. The van der Waals surface area contributed by atoms with Crippen LogP contribution >= 0.6 is 0 Å². The summed E-state index contributed by atoms with van der Waals surface area (Å²) in [6.07, 6.45) is 14.1. The summed E-state index contributed by atoms with van der Waals surface area (Å²) in [6.45, 7) is 4.71. The highest BCUT2D eigenvalue weighted by Crippen LogP contribution is 2.33. The number of halogens is 2. The number of piperazine rings is 1. The van der Waals surface area contributed by atoms with Crippen molar-refractivity contribution >= 4 is 46.3 Å². The lowest BCUT2D eigenvalue weighted by atomic mass is 9.92. The van der Waals surface area contributed by atoms with E-state index in [9.17, 15) is 28.8 Å². The molecule has 6 aromatic rings. The van der Waals surface area contributed by atoms with Gasteiger partial charge in [0.05, 0.1) is 54.3 Å². The van der Waals surface area contributed by atoms with E-state index in [-0.39, 0.29) is 48.3 Å². The number of hydrogen-bond acceptors (Lipinski definition) is 13. The number of anilines is 3. The van der Waals surface area contributed by atoms with Crippen molar-refractivity contribution in [3.63, 3.8) is 0 Å². The van der Waals surface area contributed by atoms with Crippen LogP contribution < -0.4 is 20.4 Å². The molecule has 9 heterocycles. The summed E-state index contributed by atoms with van der Waals surface area (Å²) in [6, 6.07) is 13.3. The van der Waals surface area contributed by atoms with E-state index in [2.05, 4.69) is 31.7 Å². The predicted octanol–water partition coefficient (Wildman–Crippen LogP) is 4.78. The Morgan fingerprint density at radius 1 is 0.783 bits per heavy atom. The van der Waals surface area contributed by atoms with Crippen LogP contribution in [-0.4, -0.2) is 126 Å². The second kappa shape index (κ2) is 19.4. The van der Waals surface area contributed by atoms with Gasteiger partial charge in [0.15, 0.2) is 0 Å². The normalized spacial score (nSPS) is 18.4. The fraction of sp³-hybridized carbons (Fsp3) is 0.388. The van der Waals surface area contributed by atoms with Gasteiger partial charge in [-0.05, 0) is 80.5 Å². The molecule has 2 N–H and O–H groups in total. The zero-order chi connectivity index (χ0) is 47.6. The zero-order valence-electron chi connectivity index (χ0n) is 37.8. The summed E-state index contributed by atoms with van der Waals surface area (Å²) in [5.41, 5.74) is 5.11. The average molecular weight is 937 g/mol. The van der Waals surface area contributed by atoms with Crippen molar-refractivity contribution < 1.29 is 28.0 Å². The number of likely N-dealkylation sites (tertiary alicyclic amines) is 1. The molecule has 20 heteroatoms. The number of nitrogens with zero attached hydrogens (tertiary/aromatic N) is 12. The second-order valence-corrected chi connectivity index (χ2v) is 18.1. The molecule has 4 aliphatic heterocycles. The van der Waals surface area contributed by atoms with Gasteiger partial charge in [-0.2, -0.15) is 15.5 Å². The Bertz CT molecular complexity index is 2930. The van der Waals surface area contributed by atoms with Crippen LogP contribution in [0, 0.1) is 28.9 Å². The summed E-state index contributed by atoms with van der Waals surface area (Å²) < 4.78 is 32.2. The van der Waals surface area contributed by atoms with Gasteiger partial charge in [-0.15, -0.1) is 0 Å².